The van der Waals surface area contributed by atoms with Gasteiger partial charge >= 0.3 is 0 Å². The fourth-order valence-corrected chi connectivity index (χ4v) is 2.44. The van der Waals surface area contributed by atoms with E-state index in [1.165, 1.54) is 12.1 Å². The molecule has 108 valence electrons. The van der Waals surface area contributed by atoms with Crippen molar-refractivity contribution in [1.82, 2.24) is 4.90 Å². The minimum absolute atomic E-state index is 0.240. The molecule has 2 atom stereocenters. The van der Waals surface area contributed by atoms with Gasteiger partial charge in [0.25, 0.3) is 0 Å². The fourth-order valence-electron chi connectivity index (χ4n) is 2.44. The molecule has 1 aliphatic rings. The molecule has 0 radical (unpaired) electrons. The lowest BCUT2D eigenvalue weighted by atomic mass is 9.95. The molecule has 0 aliphatic carbocycles. The van der Waals surface area contributed by atoms with E-state index in [4.69, 9.17) is 5.11 Å². The third-order valence-corrected chi connectivity index (χ3v) is 3.77. The molecule has 20 heavy (non-hydrogen) atoms. The first-order chi connectivity index (χ1) is 9.60. The molecule has 3 nitrogen and oxygen atoms in total. The van der Waals surface area contributed by atoms with Crippen LogP contribution in [-0.4, -0.2) is 40.9 Å². The predicted octanol–water partition coefficient (Wildman–Crippen LogP) is 1.37. The Bertz CT molecular complexity index is 521. The van der Waals surface area contributed by atoms with Gasteiger partial charge in [-0.15, -0.1) is 0 Å². The van der Waals surface area contributed by atoms with Gasteiger partial charge < -0.3 is 10.2 Å². The van der Waals surface area contributed by atoms with Gasteiger partial charge in [-0.3, -0.25) is 4.90 Å². The average Bonchev–Trinajstić information content (AvgIpc) is 2.43. The normalized spacial score (nSPS) is 23.2. The maximum atomic E-state index is 13.3. The highest BCUT2D eigenvalue weighted by atomic mass is 19.1. The van der Waals surface area contributed by atoms with Gasteiger partial charge in [-0.25, -0.2) is 4.39 Å². The van der Waals surface area contributed by atoms with Gasteiger partial charge in [0.2, 0.25) is 0 Å². The molecule has 0 aromatic heterocycles. The van der Waals surface area contributed by atoms with Crippen LogP contribution >= 0.6 is 0 Å². The number of piperidine rings is 1. The topological polar surface area (TPSA) is 43.7 Å². The average molecular weight is 277 g/mol. The third-order valence-electron chi connectivity index (χ3n) is 3.77. The number of likely N-dealkylation sites (tertiary alicyclic amines) is 1. The van der Waals surface area contributed by atoms with Crippen molar-refractivity contribution in [3.05, 3.63) is 35.1 Å². The van der Waals surface area contributed by atoms with Gasteiger partial charge in [-0.2, -0.15) is 0 Å². The van der Waals surface area contributed by atoms with Crippen molar-refractivity contribution >= 4 is 0 Å². The summed E-state index contributed by atoms with van der Waals surface area (Å²) in [4.78, 5) is 2.15. The second-order valence-electron chi connectivity index (χ2n) is 5.33. The smallest absolute Gasteiger partial charge is 0.124 e. The minimum Gasteiger partial charge on any atom is -0.392 e. The zero-order chi connectivity index (χ0) is 14.5. The first kappa shape index (κ1) is 15.0. The number of nitrogens with zero attached hydrogens (tertiary/aromatic N) is 1. The molecular formula is C16H20FNO2. The monoisotopic (exact) mass is 277 g/mol. The predicted molar refractivity (Wildman–Crippen MR) is 75.4 cm³/mol. The zero-order valence-corrected chi connectivity index (χ0v) is 11.6. The molecule has 1 heterocycles. The Morgan fingerprint density at radius 3 is 2.95 bits per heavy atom. The highest BCUT2D eigenvalue weighted by molar-refractivity contribution is 5.41. The molecule has 0 saturated carbocycles. The number of aliphatic hydroxyl groups is 2. The molecule has 2 unspecified atom stereocenters. The number of aliphatic hydroxyl groups excluding tert-OH is 2. The Balaban J connectivity index is 2.12. The Kier molecular flexibility index (Phi) is 5.13. The van der Waals surface area contributed by atoms with Gasteiger partial charge in [-0.05, 0) is 36.6 Å². The lowest BCUT2D eigenvalue weighted by Crippen LogP contribution is -2.42. The van der Waals surface area contributed by atoms with Gasteiger partial charge in [0.05, 0.1) is 6.10 Å². The molecule has 2 rings (SSSR count). The van der Waals surface area contributed by atoms with Gasteiger partial charge in [-0.1, -0.05) is 24.8 Å². The third kappa shape index (κ3) is 3.80. The molecule has 1 aromatic rings. The van der Waals surface area contributed by atoms with E-state index in [1.54, 1.807) is 6.07 Å². The largest absolute Gasteiger partial charge is 0.392 e. The second-order valence-corrected chi connectivity index (χ2v) is 5.33. The van der Waals surface area contributed by atoms with Crippen LogP contribution in [0.4, 0.5) is 4.39 Å². The molecule has 4 heteroatoms. The van der Waals surface area contributed by atoms with E-state index in [1.807, 2.05) is 0 Å². The summed E-state index contributed by atoms with van der Waals surface area (Å²) >= 11 is 0. The number of halogens is 1. The number of hydrogen-bond acceptors (Lipinski definition) is 3. The number of β-amino-alcohol motifs (C(OH)–C–C–N with tert-alkyl or cyclic N) is 1. The van der Waals surface area contributed by atoms with Gasteiger partial charge in [0.1, 0.15) is 12.4 Å². The number of rotatable bonds is 2. The Labute approximate surface area is 119 Å². The van der Waals surface area contributed by atoms with E-state index in [0.717, 1.165) is 18.5 Å². The summed E-state index contributed by atoms with van der Waals surface area (Å²) in [6.45, 7) is 4.00. The van der Waals surface area contributed by atoms with E-state index in [2.05, 4.69) is 23.7 Å². The lowest BCUT2D eigenvalue weighted by Gasteiger charge is -2.34. The Morgan fingerprint density at radius 1 is 1.45 bits per heavy atom. The molecule has 0 amide bonds. The maximum Gasteiger partial charge on any atom is 0.124 e. The van der Waals surface area contributed by atoms with Gasteiger partial charge in [0.15, 0.2) is 0 Å². The minimum atomic E-state index is -0.330. The van der Waals surface area contributed by atoms with Crippen molar-refractivity contribution < 1.29 is 14.6 Å². The highest BCUT2D eigenvalue weighted by Crippen LogP contribution is 2.20. The summed E-state index contributed by atoms with van der Waals surface area (Å²) in [5.41, 5.74) is 1.53. The van der Waals surface area contributed by atoms with Crippen molar-refractivity contribution in [3.8, 4) is 11.8 Å². The van der Waals surface area contributed by atoms with Gasteiger partial charge in [0, 0.05) is 18.7 Å². The second kappa shape index (κ2) is 6.85. The van der Waals surface area contributed by atoms with Crippen LogP contribution in [0.25, 0.3) is 0 Å². The summed E-state index contributed by atoms with van der Waals surface area (Å²) < 4.78 is 13.3. The molecule has 1 saturated heterocycles. The SMILES string of the molecule is CC1CCN(Cc2ccc(F)cc2C#CCO)CC1O. The van der Waals surface area contributed by atoms with E-state index < -0.39 is 0 Å². The quantitative estimate of drug-likeness (QED) is 0.803. The van der Waals surface area contributed by atoms with E-state index in [0.29, 0.717) is 24.6 Å². The lowest BCUT2D eigenvalue weighted by molar-refractivity contribution is 0.0259. The van der Waals surface area contributed by atoms with Crippen LogP contribution in [0.3, 0.4) is 0 Å². The Hall–Kier alpha value is -1.41. The molecular weight excluding hydrogens is 257 g/mol. The van der Waals surface area contributed by atoms with Crippen LogP contribution in [-0.2, 0) is 6.54 Å². The van der Waals surface area contributed by atoms with Crippen molar-refractivity contribution in [2.75, 3.05) is 19.7 Å². The molecule has 0 spiro atoms. The van der Waals surface area contributed by atoms with Crippen molar-refractivity contribution in [2.24, 2.45) is 5.92 Å². The number of hydrogen-bond donors (Lipinski definition) is 2. The fraction of sp³-hybridized carbons (Fsp3) is 0.500. The van der Waals surface area contributed by atoms with Crippen LogP contribution in [0.2, 0.25) is 0 Å². The van der Waals surface area contributed by atoms with Crippen LogP contribution in [0, 0.1) is 23.6 Å². The summed E-state index contributed by atoms with van der Waals surface area (Å²) in [6, 6.07) is 4.53. The molecule has 1 aliphatic heterocycles. The molecule has 1 fully saturated rings. The molecule has 0 bridgehead atoms. The van der Waals surface area contributed by atoms with Crippen LogP contribution in [0.5, 0.6) is 0 Å². The Morgan fingerprint density at radius 2 is 2.25 bits per heavy atom. The van der Waals surface area contributed by atoms with Crippen LogP contribution < -0.4 is 0 Å². The van der Waals surface area contributed by atoms with Crippen LogP contribution in [0.1, 0.15) is 24.5 Å². The van der Waals surface area contributed by atoms with Crippen LogP contribution in [0.15, 0.2) is 18.2 Å². The summed E-state index contributed by atoms with van der Waals surface area (Å²) in [7, 11) is 0. The van der Waals surface area contributed by atoms with E-state index in [9.17, 15) is 9.50 Å². The van der Waals surface area contributed by atoms with Crippen molar-refractivity contribution in [2.45, 2.75) is 26.0 Å². The first-order valence-corrected chi connectivity index (χ1v) is 6.88. The van der Waals surface area contributed by atoms with Crippen molar-refractivity contribution in [1.29, 1.82) is 0 Å². The zero-order valence-electron chi connectivity index (χ0n) is 11.6. The summed E-state index contributed by atoms with van der Waals surface area (Å²) in [6.07, 6.45) is 0.649. The summed E-state index contributed by atoms with van der Waals surface area (Å²) in [5.74, 6) is 5.34. The van der Waals surface area contributed by atoms with Crippen molar-refractivity contribution in [3.63, 3.8) is 0 Å². The highest BCUT2D eigenvalue weighted by Gasteiger charge is 2.24. The number of benzene rings is 1. The first-order valence-electron chi connectivity index (χ1n) is 6.88. The standard InChI is InChI=1S/C16H20FNO2/c1-12-6-7-18(11-16(12)20)10-14-4-5-15(17)9-13(14)3-2-8-19/h4-5,9,12,16,19-20H,6-8,10-11H2,1H3. The summed E-state index contributed by atoms with van der Waals surface area (Å²) in [5, 5.41) is 18.7. The van der Waals surface area contributed by atoms with E-state index in [-0.39, 0.29) is 18.5 Å². The molecule has 2 N–H and O–H groups in total. The molecule has 1 aromatic carbocycles. The van der Waals surface area contributed by atoms with E-state index >= 15 is 0 Å². The maximum absolute atomic E-state index is 13.3.